The largest absolute Gasteiger partial charge is 0.480 e. The van der Waals surface area contributed by atoms with E-state index in [0.29, 0.717) is 23.2 Å². The molecule has 0 N–H and O–H groups in total. The first kappa shape index (κ1) is 12.6. The molecule has 0 saturated heterocycles. The molecule has 3 aromatic rings. The standard InChI is InChI=1S/C14H13N3O3/c1-18-8-12-16-13(17-20-12)10-7-9-5-3-4-6-11(9)15-14(10)19-2/h3-7H,8H2,1-2H3. The summed E-state index contributed by atoms with van der Waals surface area (Å²) in [6.45, 7) is 0.274. The fourth-order valence-corrected chi connectivity index (χ4v) is 1.96. The number of rotatable bonds is 4. The van der Waals surface area contributed by atoms with Crippen molar-refractivity contribution in [1.29, 1.82) is 0 Å². The van der Waals surface area contributed by atoms with Crippen LogP contribution >= 0.6 is 0 Å². The van der Waals surface area contributed by atoms with E-state index >= 15 is 0 Å². The van der Waals surface area contributed by atoms with Gasteiger partial charge in [0.2, 0.25) is 11.7 Å². The number of pyridine rings is 1. The summed E-state index contributed by atoms with van der Waals surface area (Å²) >= 11 is 0. The number of hydrogen-bond donors (Lipinski definition) is 0. The van der Waals surface area contributed by atoms with Gasteiger partial charge in [0.1, 0.15) is 6.61 Å². The minimum absolute atomic E-state index is 0.274. The second-order valence-electron chi connectivity index (χ2n) is 4.18. The Kier molecular flexibility index (Phi) is 3.30. The first-order valence-electron chi connectivity index (χ1n) is 6.07. The summed E-state index contributed by atoms with van der Waals surface area (Å²) in [5, 5.41) is 4.92. The van der Waals surface area contributed by atoms with Crippen molar-refractivity contribution in [2.75, 3.05) is 14.2 Å². The number of ether oxygens (including phenoxy) is 2. The van der Waals surface area contributed by atoms with Crippen LogP contribution in [0.15, 0.2) is 34.9 Å². The van der Waals surface area contributed by atoms with Gasteiger partial charge in [-0.2, -0.15) is 4.98 Å². The molecule has 0 aliphatic rings. The molecule has 0 unspecified atom stereocenters. The summed E-state index contributed by atoms with van der Waals surface area (Å²) in [5.41, 5.74) is 1.55. The average Bonchev–Trinajstić information content (AvgIpc) is 2.94. The molecule has 3 rings (SSSR count). The lowest BCUT2D eigenvalue weighted by Gasteiger charge is -2.06. The van der Waals surface area contributed by atoms with Crippen molar-refractivity contribution in [1.82, 2.24) is 15.1 Å². The lowest BCUT2D eigenvalue weighted by Crippen LogP contribution is -1.94. The van der Waals surface area contributed by atoms with Crippen LogP contribution in [-0.2, 0) is 11.3 Å². The van der Waals surface area contributed by atoms with Crippen LogP contribution < -0.4 is 4.74 Å². The van der Waals surface area contributed by atoms with E-state index in [4.69, 9.17) is 14.0 Å². The first-order valence-corrected chi connectivity index (χ1v) is 6.07. The number of nitrogens with zero attached hydrogens (tertiary/aromatic N) is 3. The highest BCUT2D eigenvalue weighted by Crippen LogP contribution is 2.29. The third-order valence-corrected chi connectivity index (χ3v) is 2.86. The van der Waals surface area contributed by atoms with Gasteiger partial charge in [0.05, 0.1) is 18.2 Å². The van der Waals surface area contributed by atoms with Crippen molar-refractivity contribution in [3.05, 3.63) is 36.2 Å². The molecular formula is C14H13N3O3. The molecule has 102 valence electrons. The Morgan fingerprint density at radius 2 is 2.00 bits per heavy atom. The van der Waals surface area contributed by atoms with Gasteiger partial charge in [0, 0.05) is 12.5 Å². The topological polar surface area (TPSA) is 70.3 Å². The lowest BCUT2D eigenvalue weighted by atomic mass is 10.1. The SMILES string of the molecule is COCc1nc(-c2cc3ccccc3nc2OC)no1. The van der Waals surface area contributed by atoms with E-state index in [1.54, 1.807) is 14.2 Å². The molecule has 0 amide bonds. The third kappa shape index (κ3) is 2.21. The molecule has 2 heterocycles. The van der Waals surface area contributed by atoms with Crippen molar-refractivity contribution in [3.8, 4) is 17.3 Å². The lowest BCUT2D eigenvalue weighted by molar-refractivity contribution is 0.151. The zero-order valence-corrected chi connectivity index (χ0v) is 11.2. The number of benzene rings is 1. The van der Waals surface area contributed by atoms with Gasteiger partial charge in [-0.15, -0.1) is 0 Å². The average molecular weight is 271 g/mol. The van der Waals surface area contributed by atoms with Crippen LogP contribution in [0.4, 0.5) is 0 Å². The Labute approximate surface area is 115 Å². The highest BCUT2D eigenvalue weighted by Gasteiger charge is 2.15. The maximum absolute atomic E-state index is 5.31. The van der Waals surface area contributed by atoms with Crippen LogP contribution in [0.2, 0.25) is 0 Å². The van der Waals surface area contributed by atoms with E-state index in [2.05, 4.69) is 15.1 Å². The first-order chi connectivity index (χ1) is 9.81. The van der Waals surface area contributed by atoms with Crippen LogP contribution in [0.25, 0.3) is 22.3 Å². The maximum atomic E-state index is 5.31. The molecule has 0 bridgehead atoms. The summed E-state index contributed by atoms with van der Waals surface area (Å²) in [6.07, 6.45) is 0. The number of aromatic nitrogens is 3. The van der Waals surface area contributed by atoms with Gasteiger partial charge < -0.3 is 14.0 Å². The van der Waals surface area contributed by atoms with Crippen LogP contribution in [-0.4, -0.2) is 29.3 Å². The quantitative estimate of drug-likeness (QED) is 0.725. The predicted molar refractivity (Wildman–Crippen MR) is 72.3 cm³/mol. The Balaban J connectivity index is 2.12. The molecule has 0 saturated carbocycles. The second kappa shape index (κ2) is 5.26. The number of methoxy groups -OCH3 is 2. The van der Waals surface area contributed by atoms with Crippen molar-refractivity contribution < 1.29 is 14.0 Å². The van der Waals surface area contributed by atoms with Gasteiger partial charge in [-0.3, -0.25) is 0 Å². The van der Waals surface area contributed by atoms with Crippen LogP contribution in [0.3, 0.4) is 0 Å². The molecule has 0 aliphatic heterocycles. The molecule has 2 aromatic heterocycles. The summed E-state index contributed by atoms with van der Waals surface area (Å²) in [6, 6.07) is 9.71. The summed E-state index contributed by atoms with van der Waals surface area (Å²) in [7, 11) is 3.14. The van der Waals surface area contributed by atoms with E-state index in [1.165, 1.54) is 0 Å². The Morgan fingerprint density at radius 3 is 2.80 bits per heavy atom. The van der Waals surface area contributed by atoms with Crippen LogP contribution in [0.1, 0.15) is 5.89 Å². The Hall–Kier alpha value is -2.47. The Morgan fingerprint density at radius 1 is 1.15 bits per heavy atom. The molecule has 20 heavy (non-hydrogen) atoms. The smallest absolute Gasteiger partial charge is 0.252 e. The van der Waals surface area contributed by atoms with Crippen molar-refractivity contribution >= 4 is 10.9 Å². The molecule has 0 aliphatic carbocycles. The van der Waals surface area contributed by atoms with Gasteiger partial charge >= 0.3 is 0 Å². The fraction of sp³-hybridized carbons (Fsp3) is 0.214. The number of hydrogen-bond acceptors (Lipinski definition) is 6. The zero-order valence-electron chi connectivity index (χ0n) is 11.2. The highest BCUT2D eigenvalue weighted by atomic mass is 16.5. The Bertz CT molecular complexity index is 739. The van der Waals surface area contributed by atoms with E-state index in [9.17, 15) is 0 Å². The van der Waals surface area contributed by atoms with E-state index in [1.807, 2.05) is 30.3 Å². The van der Waals surface area contributed by atoms with Crippen molar-refractivity contribution in [2.45, 2.75) is 6.61 Å². The summed E-state index contributed by atoms with van der Waals surface area (Å²) in [4.78, 5) is 8.71. The summed E-state index contributed by atoms with van der Waals surface area (Å²) < 4.78 is 15.4. The van der Waals surface area contributed by atoms with E-state index < -0.39 is 0 Å². The number of para-hydroxylation sites is 1. The fourth-order valence-electron chi connectivity index (χ4n) is 1.96. The zero-order chi connectivity index (χ0) is 13.9. The molecule has 0 radical (unpaired) electrons. The molecule has 1 aromatic carbocycles. The van der Waals surface area contributed by atoms with Crippen molar-refractivity contribution in [2.24, 2.45) is 0 Å². The number of fused-ring (bicyclic) bond motifs is 1. The maximum Gasteiger partial charge on any atom is 0.252 e. The van der Waals surface area contributed by atoms with Crippen LogP contribution in [0, 0.1) is 0 Å². The predicted octanol–water partition coefficient (Wildman–Crippen LogP) is 2.44. The van der Waals surface area contributed by atoms with Gasteiger partial charge in [-0.1, -0.05) is 23.4 Å². The minimum Gasteiger partial charge on any atom is -0.480 e. The van der Waals surface area contributed by atoms with Crippen LogP contribution in [0.5, 0.6) is 5.88 Å². The molecule has 0 fully saturated rings. The van der Waals surface area contributed by atoms with Crippen molar-refractivity contribution in [3.63, 3.8) is 0 Å². The molecule has 0 atom stereocenters. The third-order valence-electron chi connectivity index (χ3n) is 2.86. The minimum atomic E-state index is 0.274. The van der Waals surface area contributed by atoms with Gasteiger partial charge in [-0.05, 0) is 12.1 Å². The molecular weight excluding hydrogens is 258 g/mol. The van der Waals surface area contributed by atoms with E-state index in [0.717, 1.165) is 10.9 Å². The highest BCUT2D eigenvalue weighted by molar-refractivity contribution is 5.84. The normalized spacial score (nSPS) is 10.9. The molecule has 6 nitrogen and oxygen atoms in total. The van der Waals surface area contributed by atoms with Gasteiger partial charge in [0.15, 0.2) is 0 Å². The second-order valence-corrected chi connectivity index (χ2v) is 4.18. The monoisotopic (exact) mass is 271 g/mol. The summed E-state index contributed by atoms with van der Waals surface area (Å²) in [5.74, 6) is 1.32. The van der Waals surface area contributed by atoms with Gasteiger partial charge in [0.25, 0.3) is 5.89 Å². The van der Waals surface area contributed by atoms with Gasteiger partial charge in [-0.25, -0.2) is 4.98 Å². The molecule has 0 spiro atoms. The van der Waals surface area contributed by atoms with E-state index in [-0.39, 0.29) is 6.61 Å². The molecule has 6 heteroatoms.